The van der Waals surface area contributed by atoms with Crippen molar-refractivity contribution in [2.24, 2.45) is 0 Å². The molecule has 2 aromatic carbocycles. The molecule has 0 atom stereocenters. The third-order valence-corrected chi connectivity index (χ3v) is 26.2. The summed E-state index contributed by atoms with van der Waals surface area (Å²) in [4.78, 5) is 0. The fourth-order valence-electron chi connectivity index (χ4n) is 12.2. The van der Waals surface area contributed by atoms with Crippen LogP contribution in [-0.2, 0) is 13.5 Å². The number of hydrogen-bond acceptors (Lipinski definition) is 0. The van der Waals surface area contributed by atoms with Gasteiger partial charge in [0.15, 0.2) is 0 Å². The summed E-state index contributed by atoms with van der Waals surface area (Å²) in [7, 11) is 13.2. The van der Waals surface area contributed by atoms with Gasteiger partial charge in [0.05, 0.1) is 0 Å². The summed E-state index contributed by atoms with van der Waals surface area (Å²) in [5.74, 6) is 0. The van der Waals surface area contributed by atoms with Crippen molar-refractivity contribution in [3.05, 3.63) is 77.4 Å². The molecule has 0 unspecified atom stereocenters. The first kappa shape index (κ1) is 44.2. The van der Waals surface area contributed by atoms with E-state index in [2.05, 4.69) is 36.4 Å². The topological polar surface area (TPSA) is 0 Å². The first-order chi connectivity index (χ1) is 27.7. The molecular formula is C51H76Cl2P2Ru. The molecule has 0 aliphatic heterocycles. The van der Waals surface area contributed by atoms with Gasteiger partial charge in [-0.05, 0) is 111 Å². The molecule has 0 amide bonds. The molecule has 56 heavy (non-hydrogen) atoms. The Morgan fingerprint density at radius 1 is 0.357 bits per heavy atom. The van der Waals surface area contributed by atoms with Gasteiger partial charge >= 0.3 is 120 Å². The predicted octanol–water partition coefficient (Wildman–Crippen LogP) is 17.5. The van der Waals surface area contributed by atoms with Gasteiger partial charge in [0.1, 0.15) is 0 Å². The van der Waals surface area contributed by atoms with E-state index in [9.17, 15) is 0 Å². The normalized spacial score (nSPS) is 24.2. The standard InChI is InChI=1S/2C18H33P.C15H10.2ClH.Ru/c2*1-4-10-16(11-5-1)19(17-12-6-2-7-13-17)18-14-8-3-9-15-18;1-2-6-12(7-3-1)15-11-10-13-8-4-5-9-14(13)15;;;/h2*16-18H,1-15H2;1-9,11H;2*1H;/q;;;;;+2/p-2. The van der Waals surface area contributed by atoms with E-state index in [0.29, 0.717) is 15.8 Å². The number of rotatable bonds is 7. The number of benzene rings is 2. The van der Waals surface area contributed by atoms with E-state index >= 15 is 0 Å². The van der Waals surface area contributed by atoms with Crippen LogP contribution >= 0.6 is 35.2 Å². The van der Waals surface area contributed by atoms with Crippen molar-refractivity contribution >= 4 is 44.9 Å². The van der Waals surface area contributed by atoms with Crippen molar-refractivity contribution in [2.75, 3.05) is 0 Å². The van der Waals surface area contributed by atoms with Crippen LogP contribution in [0.15, 0.2) is 60.7 Å². The monoisotopic (exact) mass is 922 g/mol. The molecule has 0 aromatic heterocycles. The second-order valence-electron chi connectivity index (χ2n) is 18.6. The molecule has 6 fully saturated rings. The van der Waals surface area contributed by atoms with E-state index in [1.54, 1.807) is 154 Å². The Kier molecular flexibility index (Phi) is 18.9. The van der Waals surface area contributed by atoms with E-state index in [1.807, 2.05) is 24.3 Å². The van der Waals surface area contributed by atoms with Gasteiger partial charge in [0, 0.05) is 0 Å². The van der Waals surface area contributed by atoms with Gasteiger partial charge in [-0.1, -0.05) is 131 Å². The third-order valence-electron chi connectivity index (χ3n) is 14.9. The van der Waals surface area contributed by atoms with Crippen LogP contribution < -0.4 is 0 Å². The van der Waals surface area contributed by atoms with Crippen molar-refractivity contribution in [1.29, 1.82) is 0 Å². The van der Waals surface area contributed by atoms with Gasteiger partial charge < -0.3 is 0 Å². The van der Waals surface area contributed by atoms with Crippen LogP contribution in [0.3, 0.4) is 0 Å². The van der Waals surface area contributed by atoms with E-state index in [-0.39, 0.29) is 0 Å². The number of halogens is 2. The molecule has 0 nitrogen and oxygen atoms in total. The molecule has 2 aromatic rings. The molecule has 9 rings (SSSR count). The van der Waals surface area contributed by atoms with Crippen LogP contribution in [0.2, 0.25) is 0 Å². The summed E-state index contributed by atoms with van der Waals surface area (Å²) in [5.41, 5.74) is 12.0. The molecule has 0 heterocycles. The first-order valence-electron chi connectivity index (χ1n) is 24.0. The number of hydrogen-bond donors (Lipinski definition) is 0. The summed E-state index contributed by atoms with van der Waals surface area (Å²) in [6.45, 7) is 0. The van der Waals surface area contributed by atoms with Crippen LogP contribution in [0.1, 0.15) is 209 Å². The van der Waals surface area contributed by atoms with Gasteiger partial charge in [-0.3, -0.25) is 0 Å². The van der Waals surface area contributed by atoms with Crippen molar-refractivity contribution in [2.45, 2.75) is 227 Å². The molecule has 0 spiro atoms. The maximum atomic E-state index is 6.19. The van der Waals surface area contributed by atoms with Crippen LogP contribution in [0, 0.1) is 0 Å². The quantitative estimate of drug-likeness (QED) is 0.192. The van der Waals surface area contributed by atoms with E-state index < -0.39 is 13.5 Å². The summed E-state index contributed by atoms with van der Waals surface area (Å²) < 4.78 is 1.12. The van der Waals surface area contributed by atoms with Crippen molar-refractivity contribution in [1.82, 2.24) is 0 Å². The Bertz CT molecular complexity index is 1340. The molecule has 312 valence electrons. The van der Waals surface area contributed by atoms with Gasteiger partial charge in [-0.15, -0.1) is 0 Å². The number of fused-ring (bicyclic) bond motifs is 1. The van der Waals surface area contributed by atoms with E-state index in [1.165, 1.54) is 94.7 Å². The minimum absolute atomic E-state index is 0.385. The molecular weight excluding hydrogens is 846 g/mol. The second kappa shape index (κ2) is 23.9. The molecule has 0 radical (unpaired) electrons. The van der Waals surface area contributed by atoms with Gasteiger partial charge in [0.2, 0.25) is 0 Å². The summed E-state index contributed by atoms with van der Waals surface area (Å²) in [6, 6.07) is 18.7. The van der Waals surface area contributed by atoms with Crippen molar-refractivity contribution < 1.29 is 13.5 Å². The first-order valence-corrected chi connectivity index (χ1v) is 32.4. The molecule has 0 bridgehead atoms. The van der Waals surface area contributed by atoms with Crippen LogP contribution in [0.5, 0.6) is 0 Å². The Morgan fingerprint density at radius 2 is 0.643 bits per heavy atom. The van der Waals surface area contributed by atoms with Crippen molar-refractivity contribution in [3.8, 4) is 0 Å². The Labute approximate surface area is 359 Å². The summed E-state index contributed by atoms with van der Waals surface area (Å²) in [6.07, 6.45) is 49.4. The fraction of sp³-hybridized carbons (Fsp3) is 0.706. The zero-order valence-electron chi connectivity index (χ0n) is 35.0. The second-order valence-corrected chi connectivity index (χ2v) is 30.6. The Morgan fingerprint density at radius 3 is 0.946 bits per heavy atom. The Hall–Kier alpha value is 0.113. The van der Waals surface area contributed by atoms with E-state index in [0.717, 1.165) is 4.11 Å². The van der Waals surface area contributed by atoms with Crippen LogP contribution in [0.4, 0.5) is 0 Å². The molecule has 7 aliphatic carbocycles. The van der Waals surface area contributed by atoms with Gasteiger partial charge in [-0.25, -0.2) is 0 Å². The molecule has 5 heteroatoms. The summed E-state index contributed by atoms with van der Waals surface area (Å²) in [5, 5.41) is 0. The zero-order valence-corrected chi connectivity index (χ0v) is 40.0. The van der Waals surface area contributed by atoms with Crippen molar-refractivity contribution in [3.63, 3.8) is 0 Å². The van der Waals surface area contributed by atoms with Gasteiger partial charge in [-0.2, -0.15) is 0 Å². The SMILES string of the molecule is C1CCC(P(C2CCCCC2)C2CCCCC2)CC1.C1CCC(P(C2CCCCC2)C2CCCCC2)CC1.[Cl][Ru]([Cl])=[C]1C=C(c2ccccc2)c2ccccc21. The Balaban J connectivity index is 0.000000129. The average Bonchev–Trinajstić information content (AvgIpc) is 3.67. The zero-order chi connectivity index (χ0) is 38.4. The number of allylic oxidation sites excluding steroid dienone is 1. The van der Waals surface area contributed by atoms with Crippen LogP contribution in [0.25, 0.3) is 5.57 Å². The molecule has 7 aliphatic rings. The molecule has 6 saturated carbocycles. The average molecular weight is 923 g/mol. The third kappa shape index (κ3) is 12.4. The minimum atomic E-state index is -1.88. The van der Waals surface area contributed by atoms with Gasteiger partial charge in [0.25, 0.3) is 0 Å². The predicted molar refractivity (Wildman–Crippen MR) is 251 cm³/mol. The maximum absolute atomic E-state index is 6.19. The summed E-state index contributed by atoms with van der Waals surface area (Å²) >= 11 is -1.88. The van der Waals surface area contributed by atoms with Crippen LogP contribution in [-0.4, -0.2) is 38.1 Å². The fourth-order valence-corrected chi connectivity index (χ4v) is 24.1. The molecule has 0 saturated heterocycles. The van der Waals surface area contributed by atoms with E-state index in [4.69, 9.17) is 19.4 Å². The molecule has 0 N–H and O–H groups in total.